The summed E-state index contributed by atoms with van der Waals surface area (Å²) < 4.78 is 11.1. The fraction of sp³-hybridized carbons (Fsp3) is 0.176. The van der Waals surface area contributed by atoms with Crippen molar-refractivity contribution >= 4 is 110 Å². The lowest BCUT2D eigenvalue weighted by atomic mass is 9.44. The van der Waals surface area contributed by atoms with Crippen LogP contribution in [0.4, 0.5) is 17.1 Å². The maximum absolute atomic E-state index is 7.11. The molecule has 7 aromatic carbocycles. The number of furan rings is 1. The van der Waals surface area contributed by atoms with E-state index in [1.54, 1.807) is 0 Å². The molecule has 0 amide bonds. The predicted molar refractivity (Wildman–Crippen MR) is 240 cm³/mol. The standard InChI is InChI=1S/C51H39BN2OS/c1-28-25-37-38(51(4,5)24-23-50(37,2)3)27-40(28)53-39-22-21-33-31-15-8-10-19-41(31)55-48(33)45(39)52-44-36(26-29-13-6-7-14-30(29)47(44)53)32-17-12-18-35-43-34-16-9-11-20-42(34)56-49(43)54(52)46(32)35/h6-22,25-27H,23-24H2,1-5H3. The van der Waals surface area contributed by atoms with Crippen molar-refractivity contribution in [1.82, 2.24) is 4.48 Å². The maximum Gasteiger partial charge on any atom is 0.337 e. The van der Waals surface area contributed by atoms with Crippen LogP contribution in [0.15, 0.2) is 126 Å². The van der Waals surface area contributed by atoms with Crippen molar-refractivity contribution in [2.75, 3.05) is 4.90 Å². The fourth-order valence-electron chi connectivity index (χ4n) is 11.1. The molecule has 0 saturated heterocycles. The topological polar surface area (TPSA) is 21.3 Å². The van der Waals surface area contributed by atoms with Gasteiger partial charge in [0, 0.05) is 64.9 Å². The Kier molecular flexibility index (Phi) is 5.80. The normalized spacial score (nSPS) is 16.4. The fourth-order valence-corrected chi connectivity index (χ4v) is 12.4. The van der Waals surface area contributed by atoms with Gasteiger partial charge in [-0.15, -0.1) is 11.3 Å². The summed E-state index contributed by atoms with van der Waals surface area (Å²) in [5.74, 6) is 0. The van der Waals surface area contributed by atoms with E-state index in [0.29, 0.717) is 0 Å². The summed E-state index contributed by atoms with van der Waals surface area (Å²) in [6.45, 7) is 12.0. The third kappa shape index (κ3) is 3.76. The van der Waals surface area contributed by atoms with Crippen LogP contribution >= 0.6 is 11.3 Å². The Hall–Kier alpha value is -5.78. The van der Waals surface area contributed by atoms with Gasteiger partial charge in [0.05, 0.1) is 10.5 Å². The summed E-state index contributed by atoms with van der Waals surface area (Å²) in [4.78, 5) is 3.97. The van der Waals surface area contributed by atoms with Crippen molar-refractivity contribution in [3.63, 3.8) is 0 Å². The molecular weight excluding hydrogens is 699 g/mol. The van der Waals surface area contributed by atoms with Crippen LogP contribution in [0.2, 0.25) is 0 Å². The first-order valence-electron chi connectivity index (χ1n) is 20.1. The molecule has 3 aliphatic rings. The average Bonchev–Trinajstić information content (AvgIpc) is 3.88. The van der Waals surface area contributed by atoms with Gasteiger partial charge in [0.15, 0.2) is 0 Å². The van der Waals surface area contributed by atoms with Gasteiger partial charge in [-0.05, 0) is 100 Å². The van der Waals surface area contributed by atoms with E-state index in [-0.39, 0.29) is 17.7 Å². The van der Waals surface area contributed by atoms with Crippen LogP contribution in [0, 0.1) is 6.92 Å². The van der Waals surface area contributed by atoms with Crippen LogP contribution in [0.5, 0.6) is 0 Å². The summed E-state index contributed by atoms with van der Waals surface area (Å²) >= 11 is 1.93. The lowest BCUT2D eigenvalue weighted by Gasteiger charge is -2.45. The van der Waals surface area contributed by atoms with E-state index in [9.17, 15) is 0 Å². The summed E-state index contributed by atoms with van der Waals surface area (Å²) in [5, 5.41) is 8.89. The number of fused-ring (bicyclic) bond motifs is 16. The lowest BCUT2D eigenvalue weighted by molar-refractivity contribution is 0.332. The molecule has 0 saturated carbocycles. The summed E-state index contributed by atoms with van der Waals surface area (Å²) in [6.07, 6.45) is 2.36. The Labute approximate surface area is 329 Å². The van der Waals surface area contributed by atoms with Crippen LogP contribution in [-0.4, -0.2) is 11.3 Å². The number of hydrogen-bond acceptors (Lipinski definition) is 3. The third-order valence-electron chi connectivity index (χ3n) is 13.9. The third-order valence-corrected chi connectivity index (χ3v) is 15.1. The highest BCUT2D eigenvalue weighted by Crippen LogP contribution is 2.54. The van der Waals surface area contributed by atoms with Crippen LogP contribution in [0.25, 0.3) is 75.0 Å². The van der Waals surface area contributed by atoms with Gasteiger partial charge in [0.25, 0.3) is 0 Å². The molecule has 0 unspecified atom stereocenters. The molecule has 0 radical (unpaired) electrons. The van der Waals surface area contributed by atoms with E-state index in [2.05, 4.69) is 165 Å². The second-order valence-electron chi connectivity index (χ2n) is 17.9. The van der Waals surface area contributed by atoms with E-state index >= 15 is 0 Å². The Bertz CT molecular complexity index is 3410. The first-order valence-corrected chi connectivity index (χ1v) is 20.9. The Morgan fingerprint density at radius 1 is 0.625 bits per heavy atom. The molecule has 5 heterocycles. The average molecular weight is 739 g/mol. The molecule has 0 atom stereocenters. The minimum Gasteiger partial charge on any atom is -0.456 e. The van der Waals surface area contributed by atoms with Gasteiger partial charge in [-0.2, -0.15) is 0 Å². The van der Waals surface area contributed by atoms with E-state index in [1.807, 2.05) is 11.3 Å². The largest absolute Gasteiger partial charge is 0.456 e. The van der Waals surface area contributed by atoms with E-state index < -0.39 is 0 Å². The molecule has 0 spiro atoms. The molecule has 3 aromatic heterocycles. The van der Waals surface area contributed by atoms with Crippen molar-refractivity contribution in [2.45, 2.75) is 58.3 Å². The van der Waals surface area contributed by atoms with Crippen LogP contribution < -0.4 is 15.8 Å². The zero-order valence-electron chi connectivity index (χ0n) is 32.2. The Morgan fingerprint density at radius 3 is 2.18 bits per heavy atom. The van der Waals surface area contributed by atoms with E-state index in [4.69, 9.17) is 4.42 Å². The van der Waals surface area contributed by atoms with Crippen molar-refractivity contribution < 1.29 is 4.42 Å². The second-order valence-corrected chi connectivity index (χ2v) is 19.0. The van der Waals surface area contributed by atoms with Crippen LogP contribution in [-0.2, 0) is 10.8 Å². The minimum atomic E-state index is -0.101. The molecule has 1 aliphatic carbocycles. The quantitative estimate of drug-likeness (QED) is 0.156. The molecule has 0 fully saturated rings. The van der Waals surface area contributed by atoms with Gasteiger partial charge in [0.2, 0.25) is 0 Å². The summed E-state index contributed by atoms with van der Waals surface area (Å²) in [7, 11) is 0. The first-order chi connectivity index (χ1) is 27.2. The predicted octanol–water partition coefficient (Wildman–Crippen LogP) is 13.1. The monoisotopic (exact) mass is 738 g/mol. The molecular formula is C51H39BN2OS. The molecule has 268 valence electrons. The number of benzene rings is 7. The summed E-state index contributed by atoms with van der Waals surface area (Å²) in [6, 6.07) is 45.9. The molecule has 13 rings (SSSR count). The van der Waals surface area contributed by atoms with Crippen molar-refractivity contribution in [1.29, 1.82) is 0 Å². The number of aromatic nitrogens is 1. The molecule has 5 heteroatoms. The van der Waals surface area contributed by atoms with Gasteiger partial charge in [-0.1, -0.05) is 113 Å². The van der Waals surface area contributed by atoms with Crippen molar-refractivity contribution in [3.05, 3.63) is 138 Å². The molecule has 3 nitrogen and oxygen atoms in total. The first kappa shape index (κ1) is 31.4. The zero-order valence-corrected chi connectivity index (χ0v) is 33.1. The zero-order chi connectivity index (χ0) is 37.4. The molecule has 10 aromatic rings. The number of nitrogens with zero attached hydrogens (tertiary/aromatic N) is 2. The summed E-state index contributed by atoms with van der Waals surface area (Å²) in [5.41, 5.74) is 16.7. The molecule has 0 bridgehead atoms. The number of rotatable bonds is 1. The highest BCUT2D eigenvalue weighted by Gasteiger charge is 2.47. The Balaban J connectivity index is 1.25. The maximum atomic E-state index is 7.11. The van der Waals surface area contributed by atoms with Crippen LogP contribution in [0.1, 0.15) is 57.2 Å². The van der Waals surface area contributed by atoms with Crippen LogP contribution in [0.3, 0.4) is 0 Å². The van der Waals surface area contributed by atoms with Gasteiger partial charge < -0.3 is 13.8 Å². The molecule has 2 aliphatic heterocycles. The van der Waals surface area contributed by atoms with E-state index in [1.165, 1.54) is 116 Å². The van der Waals surface area contributed by atoms with Crippen molar-refractivity contribution in [3.8, 4) is 11.1 Å². The molecule has 56 heavy (non-hydrogen) atoms. The number of para-hydroxylation sites is 2. The van der Waals surface area contributed by atoms with Crippen molar-refractivity contribution in [2.24, 2.45) is 0 Å². The van der Waals surface area contributed by atoms with Gasteiger partial charge in [-0.3, -0.25) is 0 Å². The van der Waals surface area contributed by atoms with Gasteiger partial charge in [0.1, 0.15) is 11.2 Å². The van der Waals surface area contributed by atoms with Gasteiger partial charge in [-0.25, -0.2) is 0 Å². The number of aryl methyl sites for hydroxylation is 1. The highest BCUT2D eigenvalue weighted by molar-refractivity contribution is 7.26. The smallest absolute Gasteiger partial charge is 0.337 e. The Morgan fingerprint density at radius 2 is 1.34 bits per heavy atom. The van der Waals surface area contributed by atoms with E-state index in [0.717, 1.165) is 16.6 Å². The number of anilines is 3. The SMILES string of the molecule is Cc1cc2c(cc1N1c3ccc4c(oc5ccccc54)c3B3c4c(cc5ccccc5c41)-c1cccc4c5c6ccccc6sc5n3c14)C(C)(C)CCC2(C)C. The lowest BCUT2D eigenvalue weighted by Crippen LogP contribution is -2.57. The minimum absolute atomic E-state index is 0.0673. The second kappa shape index (κ2) is 10.3. The molecule has 0 N–H and O–H groups in total. The number of hydrogen-bond donors (Lipinski definition) is 0. The number of thiophene rings is 1. The highest BCUT2D eigenvalue weighted by atomic mass is 32.1. The van der Waals surface area contributed by atoms with Gasteiger partial charge >= 0.3 is 6.85 Å².